The molecule has 4 rings (SSSR count). The number of rotatable bonds is 2. The Morgan fingerprint density at radius 2 is 2.00 bits per heavy atom. The summed E-state index contributed by atoms with van der Waals surface area (Å²) in [7, 11) is 1.39. The number of pyridine rings is 1. The van der Waals surface area contributed by atoms with Crippen molar-refractivity contribution in [1.29, 1.82) is 0 Å². The monoisotopic (exact) mass is 347 g/mol. The van der Waals surface area contributed by atoms with E-state index < -0.39 is 5.82 Å². The van der Waals surface area contributed by atoms with Gasteiger partial charge >= 0.3 is 0 Å². The maximum atomic E-state index is 14.9. The normalized spacial score (nSPS) is 13.1. The predicted octanol–water partition coefficient (Wildman–Crippen LogP) is 3.26. The third-order valence-electron chi connectivity index (χ3n) is 3.65. The van der Waals surface area contributed by atoms with E-state index in [0.29, 0.717) is 41.3 Å². The smallest absolute Gasteiger partial charge is 0.222 e. The largest absolute Gasteiger partial charge is 0.494 e. The van der Waals surface area contributed by atoms with Crippen molar-refractivity contribution in [2.75, 3.05) is 20.3 Å². The van der Waals surface area contributed by atoms with Crippen LogP contribution in [0.25, 0.3) is 22.2 Å². The van der Waals surface area contributed by atoms with Crippen LogP contribution in [0.2, 0.25) is 5.28 Å². The van der Waals surface area contributed by atoms with Gasteiger partial charge in [0.2, 0.25) is 5.28 Å². The molecule has 0 unspecified atom stereocenters. The van der Waals surface area contributed by atoms with Gasteiger partial charge in [0, 0.05) is 17.6 Å². The minimum atomic E-state index is -0.566. The number of methoxy groups -OCH3 is 1. The molecule has 0 N–H and O–H groups in total. The molecule has 1 aliphatic heterocycles. The summed E-state index contributed by atoms with van der Waals surface area (Å²) in [5.74, 6) is 0.219. The average Bonchev–Trinajstić information content (AvgIpc) is 2.61. The summed E-state index contributed by atoms with van der Waals surface area (Å²) in [6.07, 6.45) is 3.06. The second-order valence-corrected chi connectivity index (χ2v) is 5.40. The highest BCUT2D eigenvalue weighted by Gasteiger charge is 2.26. The van der Waals surface area contributed by atoms with Crippen molar-refractivity contribution in [3.63, 3.8) is 0 Å². The van der Waals surface area contributed by atoms with Crippen molar-refractivity contribution in [2.45, 2.75) is 0 Å². The molecule has 0 amide bonds. The summed E-state index contributed by atoms with van der Waals surface area (Å²) < 4.78 is 31.1. The predicted molar refractivity (Wildman–Crippen MR) is 85.3 cm³/mol. The van der Waals surface area contributed by atoms with Crippen molar-refractivity contribution in [3.8, 4) is 28.5 Å². The third-order valence-corrected chi connectivity index (χ3v) is 3.83. The number of aromatic nitrogens is 3. The number of hydrogen-bond acceptors (Lipinski definition) is 6. The van der Waals surface area contributed by atoms with Gasteiger partial charge in [-0.05, 0) is 17.7 Å². The summed E-state index contributed by atoms with van der Waals surface area (Å²) >= 11 is 5.77. The molecule has 0 spiro atoms. The molecule has 8 heteroatoms. The Morgan fingerprint density at radius 1 is 1.17 bits per heavy atom. The van der Waals surface area contributed by atoms with Gasteiger partial charge in [0.05, 0.1) is 30.1 Å². The second-order valence-electron chi connectivity index (χ2n) is 5.06. The van der Waals surface area contributed by atoms with Crippen LogP contribution >= 0.6 is 11.6 Å². The van der Waals surface area contributed by atoms with Crippen LogP contribution in [-0.2, 0) is 0 Å². The van der Waals surface area contributed by atoms with E-state index in [1.54, 1.807) is 12.3 Å². The number of halogens is 2. The fourth-order valence-corrected chi connectivity index (χ4v) is 2.71. The Hall–Kier alpha value is -2.67. The van der Waals surface area contributed by atoms with E-state index in [4.69, 9.17) is 25.8 Å². The number of nitrogens with zero attached hydrogens (tertiary/aromatic N) is 3. The average molecular weight is 348 g/mol. The molecule has 0 bridgehead atoms. The topological polar surface area (TPSA) is 66.4 Å². The Balaban J connectivity index is 1.96. The zero-order chi connectivity index (χ0) is 16.7. The van der Waals surface area contributed by atoms with Crippen molar-refractivity contribution in [3.05, 3.63) is 35.6 Å². The minimum absolute atomic E-state index is 0.0588. The fourth-order valence-electron chi connectivity index (χ4n) is 2.57. The number of ether oxygens (including phenoxy) is 3. The first kappa shape index (κ1) is 14.9. The van der Waals surface area contributed by atoms with Crippen LogP contribution in [-0.4, -0.2) is 35.3 Å². The zero-order valence-corrected chi connectivity index (χ0v) is 13.3. The Morgan fingerprint density at radius 3 is 2.83 bits per heavy atom. The van der Waals surface area contributed by atoms with Crippen molar-refractivity contribution >= 4 is 22.5 Å². The molecule has 6 nitrogen and oxygen atoms in total. The van der Waals surface area contributed by atoms with Gasteiger partial charge in [-0.2, -0.15) is 0 Å². The van der Waals surface area contributed by atoms with Gasteiger partial charge in [-0.25, -0.2) is 14.4 Å². The molecule has 0 radical (unpaired) electrons. The first-order chi connectivity index (χ1) is 11.7. The van der Waals surface area contributed by atoms with Gasteiger partial charge < -0.3 is 14.2 Å². The van der Waals surface area contributed by atoms with Gasteiger partial charge in [-0.15, -0.1) is 0 Å². The lowest BCUT2D eigenvalue weighted by Crippen LogP contribution is -2.17. The van der Waals surface area contributed by atoms with Crippen LogP contribution in [0.4, 0.5) is 4.39 Å². The maximum absolute atomic E-state index is 14.9. The minimum Gasteiger partial charge on any atom is -0.494 e. The van der Waals surface area contributed by atoms with E-state index in [2.05, 4.69) is 15.0 Å². The molecule has 0 saturated carbocycles. The number of hydrogen-bond donors (Lipinski definition) is 0. The molecule has 0 saturated heterocycles. The lowest BCUT2D eigenvalue weighted by atomic mass is 10.1. The summed E-state index contributed by atoms with van der Waals surface area (Å²) in [6.45, 7) is 0.719. The van der Waals surface area contributed by atoms with Gasteiger partial charge in [-0.1, -0.05) is 0 Å². The molecule has 1 aromatic carbocycles. The van der Waals surface area contributed by atoms with Crippen LogP contribution in [0.3, 0.4) is 0 Å². The summed E-state index contributed by atoms with van der Waals surface area (Å²) in [4.78, 5) is 12.3. The SMILES string of the molecule is COc1cc2c(c(-c3cc4cnc(Cl)nc4cn3)c1F)OCCO2. The first-order valence-electron chi connectivity index (χ1n) is 7.12. The molecule has 1 aliphatic rings. The van der Waals surface area contributed by atoms with E-state index >= 15 is 0 Å². The lowest BCUT2D eigenvalue weighted by Gasteiger charge is -2.22. The van der Waals surface area contributed by atoms with E-state index in [1.165, 1.54) is 19.4 Å². The highest BCUT2D eigenvalue weighted by atomic mass is 35.5. The molecule has 2 aromatic heterocycles. The van der Waals surface area contributed by atoms with Crippen molar-refractivity contribution < 1.29 is 18.6 Å². The molecular weight excluding hydrogens is 337 g/mol. The second kappa shape index (κ2) is 5.76. The molecule has 3 aromatic rings. The standard InChI is InChI=1S/C16H11ClFN3O3/c1-22-11-5-12-15(24-3-2-23-12)13(14(11)18)9-4-8-6-20-16(17)21-10(8)7-19-9/h4-7H,2-3H2,1H3. The van der Waals surface area contributed by atoms with Crippen LogP contribution in [0.15, 0.2) is 24.5 Å². The van der Waals surface area contributed by atoms with Crippen LogP contribution in [0, 0.1) is 5.82 Å². The number of fused-ring (bicyclic) bond motifs is 2. The lowest BCUT2D eigenvalue weighted by molar-refractivity contribution is 0.170. The molecular formula is C16H11ClFN3O3. The first-order valence-corrected chi connectivity index (χ1v) is 7.50. The molecule has 0 aliphatic carbocycles. The van der Waals surface area contributed by atoms with Crippen molar-refractivity contribution in [2.24, 2.45) is 0 Å². The zero-order valence-electron chi connectivity index (χ0n) is 12.5. The van der Waals surface area contributed by atoms with Gasteiger partial charge in [-0.3, -0.25) is 4.98 Å². The molecule has 122 valence electrons. The fraction of sp³-hybridized carbons (Fsp3) is 0.188. The Kier molecular flexibility index (Phi) is 3.57. The Bertz CT molecular complexity index is 951. The molecule has 0 fully saturated rings. The van der Waals surface area contributed by atoms with E-state index in [0.717, 1.165) is 0 Å². The maximum Gasteiger partial charge on any atom is 0.222 e. The summed E-state index contributed by atoms with van der Waals surface area (Å²) in [5, 5.41) is 0.802. The Labute approximate surface area is 141 Å². The number of benzene rings is 1. The van der Waals surface area contributed by atoms with Gasteiger partial charge in [0.25, 0.3) is 0 Å². The highest BCUT2D eigenvalue weighted by Crippen LogP contribution is 2.45. The molecule has 3 heterocycles. The third kappa shape index (κ3) is 2.37. The van der Waals surface area contributed by atoms with Crippen molar-refractivity contribution in [1.82, 2.24) is 15.0 Å². The van der Waals surface area contributed by atoms with E-state index in [-0.39, 0.29) is 16.6 Å². The van der Waals surface area contributed by atoms with Gasteiger partial charge in [0.1, 0.15) is 13.2 Å². The van der Waals surface area contributed by atoms with Crippen LogP contribution < -0.4 is 14.2 Å². The van der Waals surface area contributed by atoms with Crippen LogP contribution in [0.1, 0.15) is 0 Å². The van der Waals surface area contributed by atoms with E-state index in [9.17, 15) is 4.39 Å². The molecule has 24 heavy (non-hydrogen) atoms. The highest BCUT2D eigenvalue weighted by molar-refractivity contribution is 6.28. The van der Waals surface area contributed by atoms with E-state index in [1.807, 2.05) is 0 Å². The summed E-state index contributed by atoms with van der Waals surface area (Å²) in [6, 6.07) is 3.14. The summed E-state index contributed by atoms with van der Waals surface area (Å²) in [5.41, 5.74) is 1.11. The van der Waals surface area contributed by atoms with Crippen LogP contribution in [0.5, 0.6) is 17.2 Å². The van der Waals surface area contributed by atoms with Gasteiger partial charge in [0.15, 0.2) is 23.1 Å². The molecule has 0 atom stereocenters. The quantitative estimate of drug-likeness (QED) is 0.663.